The van der Waals surface area contributed by atoms with Crippen molar-refractivity contribution >= 4 is 17.0 Å². The predicted octanol–water partition coefficient (Wildman–Crippen LogP) is 0.571. The lowest BCUT2D eigenvalue weighted by molar-refractivity contribution is 0.725. The van der Waals surface area contributed by atoms with Gasteiger partial charge in [-0.25, -0.2) is 9.78 Å². The van der Waals surface area contributed by atoms with Crippen molar-refractivity contribution in [3.63, 3.8) is 0 Å². The van der Waals surface area contributed by atoms with E-state index in [2.05, 4.69) is 20.3 Å². The molecule has 0 saturated carbocycles. The van der Waals surface area contributed by atoms with E-state index in [4.69, 9.17) is 0 Å². The Hall–Kier alpha value is -1.85. The fourth-order valence-electron chi connectivity index (χ4n) is 1.55. The first-order valence-electron chi connectivity index (χ1n) is 4.95. The summed E-state index contributed by atoms with van der Waals surface area (Å²) in [7, 11) is 0. The van der Waals surface area contributed by atoms with Crippen LogP contribution in [0, 0.1) is 0 Å². The minimum atomic E-state index is -0.270. The molecule has 0 saturated heterocycles. The third kappa shape index (κ3) is 1.47. The van der Waals surface area contributed by atoms with Crippen LogP contribution in [0.1, 0.15) is 13.8 Å². The van der Waals surface area contributed by atoms with Crippen LogP contribution in [0.2, 0.25) is 0 Å². The molecule has 0 aliphatic heterocycles. The average molecular weight is 207 g/mol. The van der Waals surface area contributed by atoms with Crippen molar-refractivity contribution in [2.75, 3.05) is 11.9 Å². The van der Waals surface area contributed by atoms with Crippen LogP contribution in [0.25, 0.3) is 11.2 Å². The number of hydrogen-bond donors (Lipinski definition) is 2. The molecule has 0 bridgehead atoms. The molecule has 0 amide bonds. The van der Waals surface area contributed by atoms with E-state index in [-0.39, 0.29) is 5.69 Å². The van der Waals surface area contributed by atoms with Gasteiger partial charge in [-0.15, -0.1) is 0 Å². The molecular formula is C9H13N5O. The second-order valence-corrected chi connectivity index (χ2v) is 3.12. The van der Waals surface area contributed by atoms with Gasteiger partial charge in [0.15, 0.2) is 11.5 Å². The molecule has 0 radical (unpaired) electrons. The van der Waals surface area contributed by atoms with Crippen molar-refractivity contribution < 1.29 is 0 Å². The van der Waals surface area contributed by atoms with Gasteiger partial charge in [-0.2, -0.15) is 4.98 Å². The second kappa shape index (κ2) is 3.72. The van der Waals surface area contributed by atoms with Crippen LogP contribution in [0.4, 0.5) is 5.82 Å². The normalized spacial score (nSPS) is 10.8. The van der Waals surface area contributed by atoms with Gasteiger partial charge in [0.05, 0.1) is 6.33 Å². The van der Waals surface area contributed by atoms with E-state index in [0.29, 0.717) is 18.0 Å². The minimum Gasteiger partial charge on any atom is -0.368 e. The fraction of sp³-hybridized carbons (Fsp3) is 0.444. The van der Waals surface area contributed by atoms with E-state index in [1.807, 2.05) is 13.8 Å². The van der Waals surface area contributed by atoms with Gasteiger partial charge >= 0.3 is 5.69 Å². The number of nitrogens with one attached hydrogen (secondary N) is 2. The van der Waals surface area contributed by atoms with Gasteiger partial charge in [0.2, 0.25) is 0 Å². The summed E-state index contributed by atoms with van der Waals surface area (Å²) in [4.78, 5) is 22.7. The molecule has 0 aromatic carbocycles. The highest BCUT2D eigenvalue weighted by Crippen LogP contribution is 2.14. The van der Waals surface area contributed by atoms with Crippen LogP contribution >= 0.6 is 0 Å². The van der Waals surface area contributed by atoms with Crippen molar-refractivity contribution in [3.8, 4) is 0 Å². The van der Waals surface area contributed by atoms with Crippen molar-refractivity contribution in [3.05, 3.63) is 16.8 Å². The van der Waals surface area contributed by atoms with E-state index in [0.717, 1.165) is 12.1 Å². The molecule has 2 heterocycles. The number of hydrogen-bond acceptors (Lipinski definition) is 4. The Morgan fingerprint density at radius 1 is 1.53 bits per heavy atom. The number of aromatic nitrogens is 4. The molecule has 2 rings (SSSR count). The zero-order valence-electron chi connectivity index (χ0n) is 8.74. The van der Waals surface area contributed by atoms with Gasteiger partial charge in [0.1, 0.15) is 5.52 Å². The first-order valence-corrected chi connectivity index (χ1v) is 4.95. The SMILES string of the molecule is CCNc1nc(=O)n(CC)c2nc[nH]c12. The maximum Gasteiger partial charge on any atom is 0.351 e. The lowest BCUT2D eigenvalue weighted by atomic mass is 10.4. The number of fused-ring (bicyclic) bond motifs is 1. The van der Waals surface area contributed by atoms with E-state index in [1.54, 1.807) is 6.33 Å². The molecule has 0 atom stereocenters. The molecule has 0 aliphatic carbocycles. The lowest BCUT2D eigenvalue weighted by Crippen LogP contribution is -2.24. The Balaban J connectivity index is 2.75. The van der Waals surface area contributed by atoms with Crippen molar-refractivity contribution in [2.45, 2.75) is 20.4 Å². The van der Waals surface area contributed by atoms with E-state index >= 15 is 0 Å². The van der Waals surface area contributed by atoms with Gasteiger partial charge in [-0.1, -0.05) is 0 Å². The largest absolute Gasteiger partial charge is 0.368 e. The quantitative estimate of drug-likeness (QED) is 0.771. The molecule has 2 aromatic heterocycles. The minimum absolute atomic E-state index is 0.270. The number of rotatable bonds is 3. The summed E-state index contributed by atoms with van der Waals surface area (Å²) in [5.41, 5.74) is 1.15. The van der Waals surface area contributed by atoms with Crippen LogP contribution in [0.3, 0.4) is 0 Å². The summed E-state index contributed by atoms with van der Waals surface area (Å²) < 4.78 is 1.53. The van der Waals surface area contributed by atoms with Crippen molar-refractivity contribution in [2.24, 2.45) is 0 Å². The topological polar surface area (TPSA) is 75.6 Å². The molecule has 0 aliphatic rings. The molecule has 0 fully saturated rings. The number of aryl methyl sites for hydroxylation is 1. The van der Waals surface area contributed by atoms with Crippen molar-refractivity contribution in [1.82, 2.24) is 19.5 Å². The highest BCUT2D eigenvalue weighted by atomic mass is 16.1. The maximum absolute atomic E-state index is 11.6. The van der Waals surface area contributed by atoms with Gasteiger partial charge in [0, 0.05) is 13.1 Å². The number of H-pyrrole nitrogens is 1. The van der Waals surface area contributed by atoms with Crippen LogP contribution in [0.15, 0.2) is 11.1 Å². The zero-order chi connectivity index (χ0) is 10.8. The monoisotopic (exact) mass is 207 g/mol. The fourth-order valence-corrected chi connectivity index (χ4v) is 1.55. The summed E-state index contributed by atoms with van der Waals surface area (Å²) in [6.07, 6.45) is 1.57. The van der Waals surface area contributed by atoms with Gasteiger partial charge in [-0.3, -0.25) is 4.57 Å². The third-order valence-electron chi connectivity index (χ3n) is 2.21. The van der Waals surface area contributed by atoms with Crippen LogP contribution in [-0.4, -0.2) is 26.1 Å². The molecule has 2 aromatic rings. The molecule has 6 heteroatoms. The Bertz CT molecular complexity index is 527. The second-order valence-electron chi connectivity index (χ2n) is 3.12. The molecule has 0 spiro atoms. The van der Waals surface area contributed by atoms with E-state index < -0.39 is 0 Å². The lowest BCUT2D eigenvalue weighted by Gasteiger charge is -2.06. The van der Waals surface area contributed by atoms with Crippen LogP contribution < -0.4 is 11.0 Å². The summed E-state index contributed by atoms with van der Waals surface area (Å²) in [5, 5.41) is 3.03. The predicted molar refractivity (Wildman–Crippen MR) is 58.0 cm³/mol. The first kappa shape index (κ1) is 9.70. The smallest absolute Gasteiger partial charge is 0.351 e. The van der Waals surface area contributed by atoms with Crippen molar-refractivity contribution in [1.29, 1.82) is 0 Å². The van der Waals surface area contributed by atoms with E-state index in [1.165, 1.54) is 4.57 Å². The number of nitrogens with zero attached hydrogens (tertiary/aromatic N) is 3. The molecule has 2 N–H and O–H groups in total. The van der Waals surface area contributed by atoms with E-state index in [9.17, 15) is 4.79 Å². The Morgan fingerprint density at radius 2 is 2.33 bits per heavy atom. The highest BCUT2D eigenvalue weighted by molar-refractivity contribution is 5.82. The number of imidazole rings is 1. The maximum atomic E-state index is 11.6. The summed E-state index contributed by atoms with van der Waals surface area (Å²) in [6, 6.07) is 0. The number of aromatic amines is 1. The molecular weight excluding hydrogens is 194 g/mol. The Morgan fingerprint density at radius 3 is 3.00 bits per heavy atom. The molecule has 0 unspecified atom stereocenters. The third-order valence-corrected chi connectivity index (χ3v) is 2.21. The Kier molecular flexibility index (Phi) is 2.40. The average Bonchev–Trinajstić information content (AvgIpc) is 2.67. The number of anilines is 1. The summed E-state index contributed by atoms with van der Waals surface area (Å²) >= 11 is 0. The first-order chi connectivity index (χ1) is 7.27. The van der Waals surface area contributed by atoms with Crippen LogP contribution in [-0.2, 0) is 6.54 Å². The summed E-state index contributed by atoms with van der Waals surface area (Å²) in [5.74, 6) is 0.569. The molecule has 15 heavy (non-hydrogen) atoms. The van der Waals surface area contributed by atoms with Gasteiger partial charge < -0.3 is 10.3 Å². The standard InChI is InChI=1S/C9H13N5O/c1-3-10-7-6-8(12-5-11-6)14(4-2)9(15)13-7/h5H,3-4H2,1-2H3,(H,11,12)(H,10,13,15). The Labute approximate surface area is 86.4 Å². The molecule has 80 valence electrons. The van der Waals surface area contributed by atoms with Gasteiger partial charge in [0.25, 0.3) is 0 Å². The van der Waals surface area contributed by atoms with Gasteiger partial charge in [-0.05, 0) is 13.8 Å². The van der Waals surface area contributed by atoms with Crippen LogP contribution in [0.5, 0.6) is 0 Å². The zero-order valence-corrected chi connectivity index (χ0v) is 8.74. The molecule has 6 nitrogen and oxygen atoms in total. The highest BCUT2D eigenvalue weighted by Gasteiger charge is 2.10. The summed E-state index contributed by atoms with van der Waals surface area (Å²) in [6.45, 7) is 5.13.